The van der Waals surface area contributed by atoms with E-state index in [-0.39, 0.29) is 18.4 Å². The van der Waals surface area contributed by atoms with E-state index in [2.05, 4.69) is 0 Å². The number of carboxylic acid groups (broad SMARTS) is 1. The average Bonchev–Trinajstić information content (AvgIpc) is 2.81. The molecule has 1 fully saturated rings. The number of carbonyl (C=O) groups excluding carboxylic acids is 1. The smallest absolute Gasteiger partial charge is 0.308 e. The highest BCUT2D eigenvalue weighted by atomic mass is 16.5. The molecule has 1 aromatic carbocycles. The molecule has 2 unspecified atom stereocenters. The molecular weight excluding hydrogens is 258 g/mol. The maximum absolute atomic E-state index is 12.3. The molecule has 5 nitrogen and oxygen atoms in total. The number of carboxylic acids is 1. The second kappa shape index (κ2) is 5.94. The van der Waals surface area contributed by atoms with Crippen LogP contribution in [0, 0.1) is 5.92 Å². The van der Waals surface area contributed by atoms with E-state index in [1.54, 1.807) is 18.9 Å². The summed E-state index contributed by atoms with van der Waals surface area (Å²) >= 11 is 0. The fourth-order valence-electron chi connectivity index (χ4n) is 2.74. The fraction of sp³-hybridized carbons (Fsp3) is 0.467. The van der Waals surface area contributed by atoms with Crippen LogP contribution in [0.4, 0.5) is 0 Å². The van der Waals surface area contributed by atoms with Crippen molar-refractivity contribution in [2.75, 3.05) is 13.7 Å². The summed E-state index contributed by atoms with van der Waals surface area (Å²) in [6, 6.07) is 7.13. The van der Waals surface area contributed by atoms with Gasteiger partial charge in [-0.1, -0.05) is 18.2 Å². The highest BCUT2D eigenvalue weighted by Gasteiger charge is 2.37. The van der Waals surface area contributed by atoms with Crippen LogP contribution in [-0.4, -0.2) is 41.6 Å². The van der Waals surface area contributed by atoms with E-state index < -0.39 is 11.9 Å². The quantitative estimate of drug-likeness (QED) is 0.907. The van der Waals surface area contributed by atoms with Crippen molar-refractivity contribution in [3.05, 3.63) is 29.8 Å². The Kier molecular flexibility index (Phi) is 4.27. The van der Waals surface area contributed by atoms with Crippen LogP contribution in [0.1, 0.15) is 18.9 Å². The average molecular weight is 277 g/mol. The molecule has 5 heteroatoms. The molecule has 0 radical (unpaired) electrons. The predicted octanol–water partition coefficient (Wildman–Crippen LogP) is 1.56. The Morgan fingerprint density at radius 2 is 2.10 bits per heavy atom. The van der Waals surface area contributed by atoms with Crippen molar-refractivity contribution in [3.63, 3.8) is 0 Å². The molecule has 1 aliphatic rings. The SMILES string of the molecule is COc1ccccc1CC(=O)N1CCC(C(=O)O)C1C. The van der Waals surface area contributed by atoms with Crippen LogP contribution < -0.4 is 4.74 Å². The molecule has 0 aliphatic carbocycles. The monoisotopic (exact) mass is 277 g/mol. The van der Waals surface area contributed by atoms with Gasteiger partial charge in [-0.2, -0.15) is 0 Å². The van der Waals surface area contributed by atoms with Gasteiger partial charge < -0.3 is 14.7 Å². The van der Waals surface area contributed by atoms with Crippen molar-refractivity contribution in [2.45, 2.75) is 25.8 Å². The summed E-state index contributed by atoms with van der Waals surface area (Å²) in [5.41, 5.74) is 0.825. The summed E-state index contributed by atoms with van der Waals surface area (Å²) in [5, 5.41) is 9.10. The zero-order chi connectivity index (χ0) is 14.7. The first-order valence-electron chi connectivity index (χ1n) is 6.68. The largest absolute Gasteiger partial charge is 0.496 e. The summed E-state index contributed by atoms with van der Waals surface area (Å²) in [6.45, 7) is 2.30. The predicted molar refractivity (Wildman–Crippen MR) is 73.6 cm³/mol. The summed E-state index contributed by atoms with van der Waals surface area (Å²) < 4.78 is 5.23. The molecule has 1 N–H and O–H groups in total. The Balaban J connectivity index is 2.08. The minimum Gasteiger partial charge on any atom is -0.496 e. The van der Waals surface area contributed by atoms with Crippen molar-refractivity contribution >= 4 is 11.9 Å². The first kappa shape index (κ1) is 14.4. The molecule has 1 aliphatic heterocycles. The Bertz CT molecular complexity index is 514. The topological polar surface area (TPSA) is 66.8 Å². The number of amides is 1. The summed E-state index contributed by atoms with van der Waals surface area (Å²) in [6.07, 6.45) is 0.759. The third-order valence-corrected chi connectivity index (χ3v) is 3.93. The lowest BCUT2D eigenvalue weighted by Crippen LogP contribution is -2.38. The van der Waals surface area contributed by atoms with Crippen molar-refractivity contribution in [3.8, 4) is 5.75 Å². The van der Waals surface area contributed by atoms with Crippen molar-refractivity contribution in [2.24, 2.45) is 5.92 Å². The van der Waals surface area contributed by atoms with E-state index in [0.29, 0.717) is 18.7 Å². The van der Waals surface area contributed by atoms with Crippen molar-refractivity contribution < 1.29 is 19.4 Å². The van der Waals surface area contributed by atoms with E-state index in [4.69, 9.17) is 9.84 Å². The molecule has 1 amide bonds. The number of ether oxygens (including phenoxy) is 1. The number of hydrogen-bond donors (Lipinski definition) is 1. The lowest BCUT2D eigenvalue weighted by atomic mass is 10.0. The maximum Gasteiger partial charge on any atom is 0.308 e. The number of benzene rings is 1. The minimum atomic E-state index is -0.829. The number of likely N-dealkylation sites (tertiary alicyclic amines) is 1. The van der Waals surface area contributed by atoms with Gasteiger partial charge in [-0.15, -0.1) is 0 Å². The van der Waals surface area contributed by atoms with Gasteiger partial charge in [0.1, 0.15) is 5.75 Å². The van der Waals surface area contributed by atoms with Gasteiger partial charge in [0.2, 0.25) is 5.91 Å². The molecule has 20 heavy (non-hydrogen) atoms. The summed E-state index contributed by atoms with van der Waals surface area (Å²) in [4.78, 5) is 25.1. The molecule has 0 aromatic heterocycles. The molecule has 0 spiro atoms. The Labute approximate surface area is 118 Å². The van der Waals surface area contributed by atoms with Crippen LogP contribution in [0.25, 0.3) is 0 Å². The molecule has 1 heterocycles. The van der Waals surface area contributed by atoms with Gasteiger partial charge in [0.25, 0.3) is 0 Å². The van der Waals surface area contributed by atoms with Crippen LogP contribution in [-0.2, 0) is 16.0 Å². The molecule has 108 valence electrons. The Hall–Kier alpha value is -2.04. The van der Waals surface area contributed by atoms with Gasteiger partial charge in [-0.05, 0) is 19.4 Å². The standard InChI is InChI=1S/C15H19NO4/c1-10-12(15(18)19)7-8-16(10)14(17)9-11-5-3-4-6-13(11)20-2/h3-6,10,12H,7-9H2,1-2H3,(H,18,19). The van der Waals surface area contributed by atoms with E-state index in [1.807, 2.05) is 24.3 Å². The number of carbonyl (C=O) groups is 2. The van der Waals surface area contributed by atoms with E-state index >= 15 is 0 Å². The van der Waals surface area contributed by atoms with Gasteiger partial charge in [-0.3, -0.25) is 9.59 Å². The molecular formula is C15H19NO4. The highest BCUT2D eigenvalue weighted by molar-refractivity contribution is 5.82. The molecule has 1 saturated heterocycles. The minimum absolute atomic E-state index is 0.0502. The van der Waals surface area contributed by atoms with E-state index in [0.717, 1.165) is 5.56 Å². The highest BCUT2D eigenvalue weighted by Crippen LogP contribution is 2.26. The zero-order valence-corrected chi connectivity index (χ0v) is 11.7. The van der Waals surface area contributed by atoms with E-state index in [9.17, 15) is 9.59 Å². The number of aliphatic carboxylic acids is 1. The summed E-state index contributed by atoms with van der Waals surface area (Å²) in [7, 11) is 1.57. The lowest BCUT2D eigenvalue weighted by molar-refractivity contribution is -0.143. The normalized spacial score (nSPS) is 21.8. The molecule has 1 aromatic rings. The first-order chi connectivity index (χ1) is 9.54. The number of para-hydroxylation sites is 1. The number of methoxy groups -OCH3 is 1. The zero-order valence-electron chi connectivity index (χ0n) is 11.7. The molecule has 2 atom stereocenters. The van der Waals surface area contributed by atoms with Gasteiger partial charge >= 0.3 is 5.97 Å². The third-order valence-electron chi connectivity index (χ3n) is 3.93. The lowest BCUT2D eigenvalue weighted by Gasteiger charge is -2.23. The molecule has 0 bridgehead atoms. The molecule has 2 rings (SSSR count). The summed E-state index contributed by atoms with van der Waals surface area (Å²) in [5.74, 6) is -0.657. The number of rotatable bonds is 4. The maximum atomic E-state index is 12.3. The van der Waals surface area contributed by atoms with Gasteiger partial charge in [0.15, 0.2) is 0 Å². The first-order valence-corrected chi connectivity index (χ1v) is 6.68. The van der Waals surface area contributed by atoms with Crippen LogP contribution >= 0.6 is 0 Å². The third kappa shape index (κ3) is 2.76. The second-order valence-corrected chi connectivity index (χ2v) is 5.05. The van der Waals surface area contributed by atoms with E-state index in [1.165, 1.54) is 0 Å². The van der Waals surface area contributed by atoms with Crippen LogP contribution in [0.2, 0.25) is 0 Å². The Morgan fingerprint density at radius 1 is 1.40 bits per heavy atom. The van der Waals surface area contributed by atoms with Gasteiger partial charge in [-0.25, -0.2) is 0 Å². The second-order valence-electron chi connectivity index (χ2n) is 5.05. The van der Waals surface area contributed by atoms with Crippen molar-refractivity contribution in [1.29, 1.82) is 0 Å². The molecule has 0 saturated carbocycles. The van der Waals surface area contributed by atoms with Gasteiger partial charge in [0.05, 0.1) is 19.4 Å². The van der Waals surface area contributed by atoms with Crippen LogP contribution in [0.15, 0.2) is 24.3 Å². The number of nitrogens with zero attached hydrogens (tertiary/aromatic N) is 1. The fourth-order valence-corrected chi connectivity index (χ4v) is 2.74. The van der Waals surface area contributed by atoms with Gasteiger partial charge in [0, 0.05) is 18.2 Å². The number of hydrogen-bond acceptors (Lipinski definition) is 3. The Morgan fingerprint density at radius 3 is 2.70 bits per heavy atom. The van der Waals surface area contributed by atoms with Crippen LogP contribution in [0.5, 0.6) is 5.75 Å². The van der Waals surface area contributed by atoms with Crippen molar-refractivity contribution in [1.82, 2.24) is 4.90 Å². The van der Waals surface area contributed by atoms with Crippen LogP contribution in [0.3, 0.4) is 0 Å².